The van der Waals surface area contributed by atoms with Gasteiger partial charge >= 0.3 is 0 Å². The molecule has 0 saturated heterocycles. The van der Waals surface area contributed by atoms with E-state index in [1.54, 1.807) is 0 Å². The standard InChI is InChI=1S/C12H12Cl2N2S/c1-12(2)5-10(12)16-9-4-7(14)6(13)3-8(9)15-11(16)17/h3-4,10H,5H2,1-2H3,(H,15,17). The zero-order chi connectivity index (χ0) is 12.4. The average Bonchev–Trinajstić information content (AvgIpc) is 2.70. The maximum Gasteiger partial charge on any atom is 0.178 e. The van der Waals surface area contributed by atoms with Gasteiger partial charge in [-0.15, -0.1) is 0 Å². The minimum absolute atomic E-state index is 0.319. The Hall–Kier alpha value is -0.510. The molecule has 17 heavy (non-hydrogen) atoms. The van der Waals surface area contributed by atoms with Gasteiger partial charge in [0.15, 0.2) is 4.77 Å². The third-order valence-corrected chi connectivity index (χ3v) is 4.55. The second kappa shape index (κ2) is 3.50. The molecule has 2 nitrogen and oxygen atoms in total. The molecule has 1 aliphatic carbocycles. The minimum Gasteiger partial charge on any atom is -0.331 e. The van der Waals surface area contributed by atoms with E-state index in [1.165, 1.54) is 0 Å². The molecule has 0 radical (unpaired) electrons. The van der Waals surface area contributed by atoms with Crippen LogP contribution in [0.2, 0.25) is 10.0 Å². The lowest BCUT2D eigenvalue weighted by molar-refractivity contribution is 0.546. The van der Waals surface area contributed by atoms with Crippen LogP contribution < -0.4 is 0 Å². The van der Waals surface area contributed by atoms with Crippen molar-refractivity contribution in [1.82, 2.24) is 9.55 Å². The van der Waals surface area contributed by atoms with Crippen molar-refractivity contribution in [1.29, 1.82) is 0 Å². The zero-order valence-electron chi connectivity index (χ0n) is 9.55. The van der Waals surface area contributed by atoms with E-state index in [2.05, 4.69) is 23.4 Å². The summed E-state index contributed by atoms with van der Waals surface area (Å²) in [5, 5.41) is 1.12. The third kappa shape index (κ3) is 1.72. The minimum atomic E-state index is 0.319. The smallest absolute Gasteiger partial charge is 0.178 e. The molecule has 3 rings (SSSR count). The number of rotatable bonds is 1. The van der Waals surface area contributed by atoms with Gasteiger partial charge in [-0.25, -0.2) is 0 Å². The molecular weight excluding hydrogens is 275 g/mol. The Morgan fingerprint density at radius 1 is 1.35 bits per heavy atom. The molecule has 1 unspecified atom stereocenters. The topological polar surface area (TPSA) is 20.7 Å². The summed E-state index contributed by atoms with van der Waals surface area (Å²) in [5.41, 5.74) is 2.31. The lowest BCUT2D eigenvalue weighted by Gasteiger charge is -2.07. The number of H-pyrrole nitrogens is 1. The van der Waals surface area contributed by atoms with Crippen molar-refractivity contribution in [2.24, 2.45) is 5.41 Å². The van der Waals surface area contributed by atoms with Gasteiger partial charge < -0.3 is 9.55 Å². The number of imidazole rings is 1. The first-order valence-electron chi connectivity index (χ1n) is 5.49. The van der Waals surface area contributed by atoms with Crippen molar-refractivity contribution in [3.63, 3.8) is 0 Å². The van der Waals surface area contributed by atoms with E-state index in [-0.39, 0.29) is 0 Å². The SMILES string of the molecule is CC1(C)CC1n1c(=S)[nH]c2cc(Cl)c(Cl)cc21. The molecule has 1 saturated carbocycles. The van der Waals surface area contributed by atoms with Crippen LogP contribution in [0.15, 0.2) is 12.1 Å². The number of aromatic amines is 1. The molecule has 0 amide bonds. The molecular formula is C12H12Cl2N2S. The average molecular weight is 287 g/mol. The highest BCUT2D eigenvalue weighted by molar-refractivity contribution is 7.71. The maximum atomic E-state index is 6.07. The largest absolute Gasteiger partial charge is 0.331 e. The normalized spacial score (nSPS) is 22.0. The summed E-state index contributed by atoms with van der Waals surface area (Å²) in [6.07, 6.45) is 1.15. The van der Waals surface area contributed by atoms with Gasteiger partial charge in [0, 0.05) is 6.04 Å². The Morgan fingerprint density at radius 2 is 1.94 bits per heavy atom. The Kier molecular flexibility index (Phi) is 2.38. The predicted molar refractivity (Wildman–Crippen MR) is 74.6 cm³/mol. The summed E-state index contributed by atoms with van der Waals surface area (Å²) < 4.78 is 2.90. The zero-order valence-corrected chi connectivity index (χ0v) is 11.9. The van der Waals surface area contributed by atoms with Crippen LogP contribution in [0.4, 0.5) is 0 Å². The summed E-state index contributed by atoms with van der Waals surface area (Å²) in [7, 11) is 0. The molecule has 0 spiro atoms. The number of benzene rings is 1. The first-order valence-corrected chi connectivity index (χ1v) is 6.66. The van der Waals surface area contributed by atoms with Gasteiger partial charge in [0.25, 0.3) is 0 Å². The molecule has 90 valence electrons. The molecule has 5 heteroatoms. The van der Waals surface area contributed by atoms with Gasteiger partial charge in [-0.3, -0.25) is 0 Å². The highest BCUT2D eigenvalue weighted by atomic mass is 35.5. The molecule has 1 aliphatic rings. The van der Waals surface area contributed by atoms with Crippen LogP contribution in [-0.2, 0) is 0 Å². The summed E-state index contributed by atoms with van der Waals surface area (Å²) in [4.78, 5) is 3.19. The molecule has 1 fully saturated rings. The van der Waals surface area contributed by atoms with Gasteiger partial charge in [0.2, 0.25) is 0 Å². The third-order valence-electron chi connectivity index (χ3n) is 3.53. The Bertz CT molecular complexity index is 669. The summed E-state index contributed by atoms with van der Waals surface area (Å²) >= 11 is 17.5. The molecule has 1 atom stereocenters. The number of halogens is 2. The van der Waals surface area contributed by atoms with E-state index in [0.717, 1.165) is 22.2 Å². The van der Waals surface area contributed by atoms with E-state index in [9.17, 15) is 0 Å². The van der Waals surface area contributed by atoms with Gasteiger partial charge in [0.1, 0.15) is 0 Å². The molecule has 2 aromatic rings. The molecule has 1 heterocycles. The fraction of sp³-hybridized carbons (Fsp3) is 0.417. The quantitative estimate of drug-likeness (QED) is 0.734. The molecule has 0 aliphatic heterocycles. The second-order valence-corrected chi connectivity index (χ2v) is 6.49. The molecule has 0 bridgehead atoms. The molecule has 1 aromatic carbocycles. The van der Waals surface area contributed by atoms with Crippen LogP contribution in [0.1, 0.15) is 26.3 Å². The van der Waals surface area contributed by atoms with Crippen LogP contribution in [0.3, 0.4) is 0 Å². The second-order valence-electron chi connectivity index (χ2n) is 5.29. The molecule has 1 N–H and O–H groups in total. The first-order chi connectivity index (χ1) is 7.90. The van der Waals surface area contributed by atoms with Crippen molar-refractivity contribution < 1.29 is 0 Å². The van der Waals surface area contributed by atoms with Crippen LogP contribution in [-0.4, -0.2) is 9.55 Å². The van der Waals surface area contributed by atoms with E-state index >= 15 is 0 Å². The summed E-state index contributed by atoms with van der Waals surface area (Å²) in [5.74, 6) is 0. The highest BCUT2D eigenvalue weighted by Gasteiger charge is 2.47. The van der Waals surface area contributed by atoms with Crippen LogP contribution in [0, 0.1) is 10.2 Å². The van der Waals surface area contributed by atoms with E-state index in [1.807, 2.05) is 12.1 Å². The van der Waals surface area contributed by atoms with E-state index in [0.29, 0.717) is 21.5 Å². The van der Waals surface area contributed by atoms with Crippen molar-refractivity contribution in [2.45, 2.75) is 26.3 Å². The molecule has 1 aromatic heterocycles. The van der Waals surface area contributed by atoms with Crippen molar-refractivity contribution >= 4 is 46.5 Å². The van der Waals surface area contributed by atoms with Gasteiger partial charge in [-0.1, -0.05) is 37.0 Å². The number of nitrogens with one attached hydrogen (secondary N) is 1. The maximum absolute atomic E-state index is 6.07. The van der Waals surface area contributed by atoms with Crippen LogP contribution in [0.5, 0.6) is 0 Å². The fourth-order valence-corrected chi connectivity index (χ4v) is 2.97. The summed E-state index contributed by atoms with van der Waals surface area (Å²) in [6, 6.07) is 4.18. The predicted octanol–water partition coefficient (Wildman–Crippen LogP) is 4.98. The number of hydrogen-bond donors (Lipinski definition) is 1. The van der Waals surface area contributed by atoms with Gasteiger partial charge in [0.05, 0.1) is 21.1 Å². The van der Waals surface area contributed by atoms with Gasteiger partial charge in [-0.05, 0) is 36.2 Å². The Labute approximate surface area is 115 Å². The Balaban J connectivity index is 2.28. The van der Waals surface area contributed by atoms with E-state index < -0.39 is 0 Å². The summed E-state index contributed by atoms with van der Waals surface area (Å²) in [6.45, 7) is 4.49. The van der Waals surface area contributed by atoms with Crippen molar-refractivity contribution in [3.8, 4) is 0 Å². The number of hydrogen-bond acceptors (Lipinski definition) is 1. The van der Waals surface area contributed by atoms with Gasteiger partial charge in [-0.2, -0.15) is 0 Å². The number of nitrogens with zero attached hydrogens (tertiary/aromatic N) is 1. The lowest BCUT2D eigenvalue weighted by atomic mass is 10.2. The number of aromatic nitrogens is 2. The first kappa shape index (κ1) is 11.6. The van der Waals surface area contributed by atoms with Crippen LogP contribution in [0.25, 0.3) is 11.0 Å². The van der Waals surface area contributed by atoms with Crippen LogP contribution >= 0.6 is 35.4 Å². The Morgan fingerprint density at radius 3 is 2.53 bits per heavy atom. The van der Waals surface area contributed by atoms with Crippen molar-refractivity contribution in [3.05, 3.63) is 26.9 Å². The van der Waals surface area contributed by atoms with Crippen molar-refractivity contribution in [2.75, 3.05) is 0 Å². The fourth-order valence-electron chi connectivity index (χ4n) is 2.31. The number of fused-ring (bicyclic) bond motifs is 1. The van der Waals surface area contributed by atoms with E-state index in [4.69, 9.17) is 35.4 Å². The monoisotopic (exact) mass is 286 g/mol. The lowest BCUT2D eigenvalue weighted by Crippen LogP contribution is -2.00. The highest BCUT2D eigenvalue weighted by Crippen LogP contribution is 2.56.